The fraction of sp³-hybridized carbons (Fsp3) is 0.583. The number of rotatable bonds is 5. The lowest BCUT2D eigenvalue weighted by Crippen LogP contribution is -2.28. The van der Waals surface area contributed by atoms with Gasteiger partial charge in [0.15, 0.2) is 11.6 Å². The lowest BCUT2D eigenvalue weighted by atomic mass is 10.3. The normalized spacial score (nSPS) is 15.2. The van der Waals surface area contributed by atoms with Gasteiger partial charge in [0, 0.05) is 18.8 Å². The number of aromatic nitrogens is 1. The zero-order valence-corrected chi connectivity index (χ0v) is 10.2. The average Bonchev–Trinajstić information content (AvgIpc) is 3.05. The average molecular weight is 243 g/mol. The van der Waals surface area contributed by atoms with Crippen LogP contribution in [-0.4, -0.2) is 17.6 Å². The molecule has 0 amide bonds. The van der Waals surface area contributed by atoms with Crippen molar-refractivity contribution in [2.75, 3.05) is 11.4 Å². The molecule has 0 atom stereocenters. The molecule has 0 radical (unpaired) electrons. The van der Waals surface area contributed by atoms with Gasteiger partial charge in [-0.05, 0) is 25.3 Å². The van der Waals surface area contributed by atoms with Gasteiger partial charge in [-0.2, -0.15) is 0 Å². The largest absolute Gasteiger partial charge is 0.351 e. The van der Waals surface area contributed by atoms with E-state index in [0.29, 0.717) is 16.9 Å². The maximum Gasteiger partial charge on any atom is 0.167 e. The highest BCUT2D eigenvalue weighted by Gasteiger charge is 2.31. The predicted molar refractivity (Wildman–Crippen MR) is 64.5 cm³/mol. The Labute approximate surface area is 100 Å². The van der Waals surface area contributed by atoms with Crippen LogP contribution in [0.1, 0.15) is 32.6 Å². The lowest BCUT2D eigenvalue weighted by Gasteiger charge is -2.23. The van der Waals surface area contributed by atoms with Gasteiger partial charge < -0.3 is 4.90 Å². The van der Waals surface area contributed by atoms with E-state index in [1.54, 1.807) is 0 Å². The van der Waals surface area contributed by atoms with E-state index >= 15 is 0 Å². The fourth-order valence-corrected chi connectivity index (χ4v) is 1.94. The molecule has 0 saturated heterocycles. The van der Waals surface area contributed by atoms with Crippen molar-refractivity contribution in [3.63, 3.8) is 0 Å². The molecular weight excluding hydrogens is 227 g/mol. The molecule has 1 fully saturated rings. The molecule has 0 unspecified atom stereocenters. The van der Waals surface area contributed by atoms with Gasteiger partial charge in [-0.1, -0.05) is 24.9 Å². The summed E-state index contributed by atoms with van der Waals surface area (Å²) in [6.07, 6.45) is 5.99. The molecule has 1 heterocycles. The number of halogens is 2. The van der Waals surface area contributed by atoms with Crippen molar-refractivity contribution in [3.8, 4) is 0 Å². The monoisotopic (exact) mass is 242 g/mol. The Kier molecular flexibility index (Phi) is 3.64. The summed E-state index contributed by atoms with van der Waals surface area (Å²) in [5.41, 5.74) is 0. The highest BCUT2D eigenvalue weighted by atomic mass is 35.5. The molecule has 16 heavy (non-hydrogen) atoms. The molecule has 0 aromatic carbocycles. The SMILES string of the molecule is CCCCN(c1ncc(Cl)cc1F)C1CC1. The molecule has 1 aliphatic carbocycles. The van der Waals surface area contributed by atoms with Gasteiger partial charge in [0.1, 0.15) is 0 Å². The van der Waals surface area contributed by atoms with Crippen LogP contribution in [0.3, 0.4) is 0 Å². The minimum atomic E-state index is -0.310. The van der Waals surface area contributed by atoms with Crippen LogP contribution in [0.2, 0.25) is 5.02 Å². The van der Waals surface area contributed by atoms with Crippen molar-refractivity contribution < 1.29 is 4.39 Å². The summed E-state index contributed by atoms with van der Waals surface area (Å²) in [6.45, 7) is 3.02. The molecule has 4 heteroatoms. The Morgan fingerprint density at radius 3 is 2.88 bits per heavy atom. The molecule has 1 aromatic rings. The van der Waals surface area contributed by atoms with Gasteiger partial charge in [-0.15, -0.1) is 0 Å². The molecular formula is C12H16ClFN2. The summed E-state index contributed by atoms with van der Waals surface area (Å²) in [7, 11) is 0. The van der Waals surface area contributed by atoms with E-state index in [1.165, 1.54) is 12.3 Å². The minimum absolute atomic E-state index is 0.310. The van der Waals surface area contributed by atoms with Crippen LogP contribution in [0.25, 0.3) is 0 Å². The van der Waals surface area contributed by atoms with Crippen LogP contribution >= 0.6 is 11.6 Å². The summed E-state index contributed by atoms with van der Waals surface area (Å²) >= 11 is 5.70. The number of nitrogens with zero attached hydrogens (tertiary/aromatic N) is 2. The minimum Gasteiger partial charge on any atom is -0.351 e. The zero-order chi connectivity index (χ0) is 11.5. The van der Waals surface area contributed by atoms with E-state index in [9.17, 15) is 4.39 Å². The maximum absolute atomic E-state index is 13.7. The second kappa shape index (κ2) is 5.00. The lowest BCUT2D eigenvalue weighted by molar-refractivity contribution is 0.601. The maximum atomic E-state index is 13.7. The summed E-state index contributed by atoms with van der Waals surface area (Å²) in [5, 5.41) is 0.354. The smallest absolute Gasteiger partial charge is 0.167 e. The fourth-order valence-electron chi connectivity index (χ4n) is 1.79. The highest BCUT2D eigenvalue weighted by Crippen LogP contribution is 2.32. The van der Waals surface area contributed by atoms with Gasteiger partial charge in [0.2, 0.25) is 0 Å². The zero-order valence-electron chi connectivity index (χ0n) is 9.42. The van der Waals surface area contributed by atoms with Gasteiger partial charge in [-0.25, -0.2) is 9.37 Å². The molecule has 0 N–H and O–H groups in total. The topological polar surface area (TPSA) is 16.1 Å². The van der Waals surface area contributed by atoms with Gasteiger partial charge in [0.05, 0.1) is 5.02 Å². The first-order chi connectivity index (χ1) is 7.72. The molecule has 1 aliphatic rings. The summed E-state index contributed by atoms with van der Waals surface area (Å²) in [5.74, 6) is 0.149. The quantitative estimate of drug-likeness (QED) is 0.784. The number of hydrogen-bond acceptors (Lipinski definition) is 2. The second-order valence-corrected chi connectivity index (χ2v) is 4.67. The molecule has 2 rings (SSSR count). The van der Waals surface area contributed by atoms with Crippen LogP contribution in [0.15, 0.2) is 12.3 Å². The van der Waals surface area contributed by atoms with E-state index in [-0.39, 0.29) is 5.82 Å². The van der Waals surface area contributed by atoms with Gasteiger partial charge in [-0.3, -0.25) is 0 Å². The molecule has 0 bridgehead atoms. The molecule has 2 nitrogen and oxygen atoms in total. The third-order valence-corrected chi connectivity index (χ3v) is 3.01. The Balaban J connectivity index is 2.17. The van der Waals surface area contributed by atoms with Crippen LogP contribution < -0.4 is 4.90 Å². The van der Waals surface area contributed by atoms with Crippen molar-refractivity contribution in [3.05, 3.63) is 23.1 Å². The van der Waals surface area contributed by atoms with Gasteiger partial charge in [0.25, 0.3) is 0 Å². The van der Waals surface area contributed by atoms with Crippen molar-refractivity contribution in [2.24, 2.45) is 0 Å². The molecule has 0 aliphatic heterocycles. The first-order valence-electron chi connectivity index (χ1n) is 5.80. The predicted octanol–water partition coefficient (Wildman–Crippen LogP) is 3.64. The van der Waals surface area contributed by atoms with Crippen LogP contribution in [0.5, 0.6) is 0 Å². The Hall–Kier alpha value is -0.830. The van der Waals surface area contributed by atoms with Crippen LogP contribution in [0.4, 0.5) is 10.2 Å². The molecule has 1 aromatic heterocycles. The summed E-state index contributed by atoms with van der Waals surface area (Å²) in [4.78, 5) is 6.19. The Morgan fingerprint density at radius 1 is 1.56 bits per heavy atom. The molecule has 1 saturated carbocycles. The summed E-state index contributed by atoms with van der Waals surface area (Å²) in [6, 6.07) is 1.82. The van der Waals surface area contributed by atoms with E-state index < -0.39 is 0 Å². The van der Waals surface area contributed by atoms with Gasteiger partial charge >= 0.3 is 0 Å². The Bertz CT molecular complexity index is 366. The second-order valence-electron chi connectivity index (χ2n) is 4.24. The van der Waals surface area contributed by atoms with Crippen molar-refractivity contribution in [1.82, 2.24) is 4.98 Å². The Morgan fingerprint density at radius 2 is 2.31 bits per heavy atom. The molecule has 88 valence electrons. The van der Waals surface area contributed by atoms with Crippen molar-refractivity contribution in [1.29, 1.82) is 0 Å². The first-order valence-corrected chi connectivity index (χ1v) is 6.18. The van der Waals surface area contributed by atoms with Crippen molar-refractivity contribution >= 4 is 17.4 Å². The summed E-state index contributed by atoms with van der Waals surface area (Å²) < 4.78 is 13.7. The highest BCUT2D eigenvalue weighted by molar-refractivity contribution is 6.30. The van der Waals surface area contributed by atoms with E-state index in [2.05, 4.69) is 16.8 Å². The van der Waals surface area contributed by atoms with E-state index in [1.807, 2.05) is 0 Å². The van der Waals surface area contributed by atoms with E-state index in [0.717, 1.165) is 32.2 Å². The number of hydrogen-bond donors (Lipinski definition) is 0. The third kappa shape index (κ3) is 2.64. The number of unbranched alkanes of at least 4 members (excludes halogenated alkanes) is 1. The first kappa shape index (κ1) is 11.6. The number of pyridine rings is 1. The van der Waals surface area contributed by atoms with Crippen LogP contribution in [-0.2, 0) is 0 Å². The third-order valence-electron chi connectivity index (χ3n) is 2.80. The van der Waals surface area contributed by atoms with E-state index in [4.69, 9.17) is 11.6 Å². The number of anilines is 1. The standard InChI is InChI=1S/C12H16ClFN2/c1-2-3-6-16(10-4-5-10)12-11(14)7-9(13)8-15-12/h7-8,10H,2-6H2,1H3. The molecule has 0 spiro atoms. The van der Waals surface area contributed by atoms with Crippen molar-refractivity contribution in [2.45, 2.75) is 38.6 Å². The van der Waals surface area contributed by atoms with Crippen LogP contribution in [0, 0.1) is 5.82 Å².